The van der Waals surface area contributed by atoms with Crippen molar-refractivity contribution in [1.82, 2.24) is 20.9 Å². The SMILES string of the molecule is CCC(C)C(NC(=O)C(C)N)C(=O)NC(CCCCN)C(=O)NC(Cc1c[nH]c2ccccc12)C(=O)O. The van der Waals surface area contributed by atoms with E-state index in [-0.39, 0.29) is 18.8 Å². The van der Waals surface area contributed by atoms with Gasteiger partial charge >= 0.3 is 5.97 Å². The molecule has 1 aromatic heterocycles. The van der Waals surface area contributed by atoms with Gasteiger partial charge < -0.3 is 37.5 Å². The molecule has 3 amide bonds. The number of carbonyl (C=O) groups is 4. The fraction of sp³-hybridized carbons (Fsp3) is 0.538. The van der Waals surface area contributed by atoms with E-state index in [1.165, 1.54) is 6.92 Å². The van der Waals surface area contributed by atoms with Crippen LogP contribution in [0.5, 0.6) is 0 Å². The van der Waals surface area contributed by atoms with Crippen molar-refractivity contribution >= 4 is 34.6 Å². The molecule has 1 aromatic carbocycles. The van der Waals surface area contributed by atoms with Crippen LogP contribution in [-0.4, -0.2) is 64.5 Å². The molecule has 0 saturated carbocycles. The summed E-state index contributed by atoms with van der Waals surface area (Å²) in [6.07, 6.45) is 3.85. The maximum atomic E-state index is 13.2. The lowest BCUT2D eigenvalue weighted by Gasteiger charge is -2.27. The number of carboxylic acids is 1. The van der Waals surface area contributed by atoms with Gasteiger partial charge in [-0.05, 0) is 50.3 Å². The Morgan fingerprint density at radius 3 is 2.27 bits per heavy atom. The molecule has 0 saturated heterocycles. The number of hydrogen-bond acceptors (Lipinski definition) is 6. The van der Waals surface area contributed by atoms with Gasteiger partial charge in [0, 0.05) is 23.5 Å². The van der Waals surface area contributed by atoms with Crippen LogP contribution in [0.1, 0.15) is 52.0 Å². The zero-order valence-electron chi connectivity index (χ0n) is 21.8. The van der Waals surface area contributed by atoms with Crippen molar-refractivity contribution in [3.05, 3.63) is 36.0 Å². The van der Waals surface area contributed by atoms with Gasteiger partial charge in [-0.3, -0.25) is 14.4 Å². The summed E-state index contributed by atoms with van der Waals surface area (Å²) in [5, 5.41) is 18.7. The number of unbranched alkanes of at least 4 members (excludes halogenated alkanes) is 1. The van der Waals surface area contributed by atoms with E-state index in [4.69, 9.17) is 11.5 Å². The summed E-state index contributed by atoms with van der Waals surface area (Å²) < 4.78 is 0. The Kier molecular flexibility index (Phi) is 11.5. The number of aromatic amines is 1. The lowest BCUT2D eigenvalue weighted by molar-refractivity contribution is -0.142. The summed E-state index contributed by atoms with van der Waals surface area (Å²) in [6.45, 7) is 5.64. The number of hydrogen-bond donors (Lipinski definition) is 7. The van der Waals surface area contributed by atoms with Crippen LogP contribution in [0.3, 0.4) is 0 Å². The molecule has 2 aromatic rings. The molecule has 5 unspecified atom stereocenters. The molecule has 0 spiro atoms. The van der Waals surface area contributed by atoms with E-state index >= 15 is 0 Å². The van der Waals surface area contributed by atoms with Gasteiger partial charge in [-0.2, -0.15) is 0 Å². The highest BCUT2D eigenvalue weighted by molar-refractivity contribution is 5.94. The Balaban J connectivity index is 2.20. The smallest absolute Gasteiger partial charge is 0.326 e. The second-order valence-electron chi connectivity index (χ2n) is 9.47. The number of benzene rings is 1. The quantitative estimate of drug-likeness (QED) is 0.170. The van der Waals surface area contributed by atoms with E-state index in [0.717, 1.165) is 16.5 Å². The molecule has 0 radical (unpaired) electrons. The number of carboxylic acid groups (broad SMARTS) is 1. The van der Waals surface area contributed by atoms with Crippen molar-refractivity contribution < 1.29 is 24.3 Å². The fourth-order valence-electron chi connectivity index (χ4n) is 4.00. The third kappa shape index (κ3) is 8.57. The van der Waals surface area contributed by atoms with Gasteiger partial charge in [0.05, 0.1) is 6.04 Å². The highest BCUT2D eigenvalue weighted by Gasteiger charge is 2.32. The number of H-pyrrole nitrogens is 1. The van der Waals surface area contributed by atoms with Gasteiger partial charge in [-0.1, -0.05) is 38.5 Å². The van der Waals surface area contributed by atoms with E-state index in [0.29, 0.717) is 25.8 Å². The third-order valence-electron chi connectivity index (χ3n) is 6.50. The second kappa shape index (κ2) is 14.3. The molecule has 204 valence electrons. The largest absolute Gasteiger partial charge is 0.480 e. The maximum absolute atomic E-state index is 13.2. The molecule has 11 nitrogen and oxygen atoms in total. The predicted octanol–water partition coefficient (Wildman–Crippen LogP) is 0.772. The summed E-state index contributed by atoms with van der Waals surface area (Å²) in [5.41, 5.74) is 12.9. The molecule has 0 bridgehead atoms. The average molecular weight is 517 g/mol. The highest BCUT2D eigenvalue weighted by atomic mass is 16.4. The molecule has 5 atom stereocenters. The molecule has 37 heavy (non-hydrogen) atoms. The van der Waals surface area contributed by atoms with Crippen molar-refractivity contribution in [2.75, 3.05) is 6.54 Å². The number of aromatic nitrogens is 1. The Bertz CT molecular complexity index is 1070. The summed E-state index contributed by atoms with van der Waals surface area (Å²) in [5.74, 6) is -3.02. The van der Waals surface area contributed by atoms with Crippen LogP contribution in [0.2, 0.25) is 0 Å². The molecule has 0 aliphatic heterocycles. The second-order valence-corrected chi connectivity index (χ2v) is 9.47. The number of aliphatic carboxylic acids is 1. The molecule has 2 rings (SSSR count). The van der Waals surface area contributed by atoms with Crippen molar-refractivity contribution in [2.24, 2.45) is 17.4 Å². The number of amides is 3. The third-order valence-corrected chi connectivity index (χ3v) is 6.50. The van der Waals surface area contributed by atoms with Gasteiger partial charge in [-0.15, -0.1) is 0 Å². The number of rotatable bonds is 15. The zero-order valence-corrected chi connectivity index (χ0v) is 21.8. The van der Waals surface area contributed by atoms with Crippen molar-refractivity contribution in [3.63, 3.8) is 0 Å². The first-order chi connectivity index (χ1) is 17.6. The first-order valence-corrected chi connectivity index (χ1v) is 12.7. The van der Waals surface area contributed by atoms with Gasteiger partial charge in [0.2, 0.25) is 17.7 Å². The van der Waals surface area contributed by atoms with Crippen LogP contribution in [0.4, 0.5) is 0 Å². The monoisotopic (exact) mass is 516 g/mol. The molecule has 11 heteroatoms. The molecular weight excluding hydrogens is 476 g/mol. The van der Waals surface area contributed by atoms with Crippen LogP contribution in [0.25, 0.3) is 10.9 Å². The molecule has 1 heterocycles. The summed E-state index contributed by atoms with van der Waals surface area (Å²) in [6, 6.07) is 3.59. The summed E-state index contributed by atoms with van der Waals surface area (Å²) >= 11 is 0. The van der Waals surface area contributed by atoms with Crippen LogP contribution >= 0.6 is 0 Å². The minimum absolute atomic E-state index is 0.0640. The predicted molar refractivity (Wildman–Crippen MR) is 141 cm³/mol. The minimum Gasteiger partial charge on any atom is -0.480 e. The van der Waals surface area contributed by atoms with Crippen molar-refractivity contribution in [3.8, 4) is 0 Å². The number of para-hydroxylation sites is 1. The summed E-state index contributed by atoms with van der Waals surface area (Å²) in [4.78, 5) is 53.8. The Morgan fingerprint density at radius 1 is 0.973 bits per heavy atom. The van der Waals surface area contributed by atoms with Crippen LogP contribution in [0, 0.1) is 5.92 Å². The standard InChI is InChI=1S/C26H40N6O5/c1-4-15(2)22(32-23(33)16(3)28)25(35)30-20(11-7-8-12-27)24(34)31-21(26(36)37)13-17-14-29-19-10-6-5-9-18(17)19/h5-6,9-10,14-16,20-22,29H,4,7-8,11-13,27-28H2,1-3H3,(H,30,35)(H,31,34)(H,32,33)(H,36,37). The molecule has 0 fully saturated rings. The maximum Gasteiger partial charge on any atom is 0.326 e. The summed E-state index contributed by atoms with van der Waals surface area (Å²) in [7, 11) is 0. The lowest BCUT2D eigenvalue weighted by Crippen LogP contribution is -2.58. The topological polar surface area (TPSA) is 192 Å². The van der Waals surface area contributed by atoms with Gasteiger partial charge in [-0.25, -0.2) is 4.79 Å². The normalized spacial score (nSPS) is 15.3. The Morgan fingerprint density at radius 2 is 1.65 bits per heavy atom. The van der Waals surface area contributed by atoms with Crippen LogP contribution < -0.4 is 27.4 Å². The number of carbonyl (C=O) groups excluding carboxylic acids is 3. The van der Waals surface area contributed by atoms with Crippen molar-refractivity contribution in [1.29, 1.82) is 0 Å². The van der Waals surface area contributed by atoms with Crippen LogP contribution in [-0.2, 0) is 25.6 Å². The average Bonchev–Trinajstić information content (AvgIpc) is 3.28. The highest BCUT2D eigenvalue weighted by Crippen LogP contribution is 2.19. The van der Waals surface area contributed by atoms with Crippen LogP contribution in [0.15, 0.2) is 30.5 Å². The van der Waals surface area contributed by atoms with E-state index in [1.807, 2.05) is 38.1 Å². The van der Waals surface area contributed by atoms with E-state index in [9.17, 15) is 24.3 Å². The van der Waals surface area contributed by atoms with E-state index < -0.39 is 47.9 Å². The van der Waals surface area contributed by atoms with E-state index in [2.05, 4.69) is 20.9 Å². The Hall–Kier alpha value is -3.44. The van der Waals surface area contributed by atoms with Gasteiger partial charge in [0.15, 0.2) is 0 Å². The number of fused-ring (bicyclic) bond motifs is 1. The van der Waals surface area contributed by atoms with E-state index in [1.54, 1.807) is 6.20 Å². The first kappa shape index (κ1) is 29.8. The van der Waals surface area contributed by atoms with Gasteiger partial charge in [0.1, 0.15) is 18.1 Å². The first-order valence-electron chi connectivity index (χ1n) is 12.7. The molecule has 9 N–H and O–H groups in total. The lowest BCUT2D eigenvalue weighted by atomic mass is 9.97. The van der Waals surface area contributed by atoms with Crippen molar-refractivity contribution in [2.45, 2.75) is 77.0 Å². The molecule has 0 aliphatic rings. The molecular formula is C26H40N6O5. The molecule has 0 aliphatic carbocycles. The number of nitrogens with one attached hydrogen (secondary N) is 4. The zero-order chi connectivity index (χ0) is 27.5. The number of nitrogens with two attached hydrogens (primary N) is 2. The minimum atomic E-state index is -1.20. The van der Waals surface area contributed by atoms with Gasteiger partial charge in [0.25, 0.3) is 0 Å². The Labute approximate surface area is 217 Å². The fourth-order valence-corrected chi connectivity index (χ4v) is 4.00.